The van der Waals surface area contributed by atoms with Gasteiger partial charge in [0.15, 0.2) is 0 Å². The van der Waals surface area contributed by atoms with E-state index in [-0.39, 0.29) is 29.6 Å². The molecule has 0 aromatic carbocycles. The molecule has 1 fully saturated rings. The standard InChI is InChI=1S/C4H8.C2H8N2.Na.H3O4P/c1-2-4-3-1;3-1-2-4;;1-5(2,3)4/h2*1-4H2;;(H3,1,2,3,4)/q;;+1;/p-1. The Labute approximate surface area is 107 Å². The predicted molar refractivity (Wildman–Crippen MR) is 48.6 cm³/mol. The Morgan fingerprint density at radius 3 is 1.21 bits per heavy atom. The van der Waals surface area contributed by atoms with Crippen molar-refractivity contribution in [2.24, 2.45) is 11.5 Å². The van der Waals surface area contributed by atoms with Gasteiger partial charge >= 0.3 is 29.6 Å². The fourth-order valence-corrected chi connectivity index (χ4v) is 0.250. The van der Waals surface area contributed by atoms with Crippen LogP contribution in [0.15, 0.2) is 0 Å². The summed E-state index contributed by atoms with van der Waals surface area (Å²) in [6, 6.07) is 0. The van der Waals surface area contributed by atoms with Crippen molar-refractivity contribution < 1.29 is 48.8 Å². The molecule has 0 bridgehead atoms. The minimum Gasteiger partial charge on any atom is -0.756 e. The quantitative estimate of drug-likeness (QED) is 0.270. The van der Waals surface area contributed by atoms with Gasteiger partial charge in [0.2, 0.25) is 0 Å². The Hall–Kier alpha value is 1.03. The molecular weight excluding hydrogens is 218 g/mol. The molecule has 0 amide bonds. The van der Waals surface area contributed by atoms with Gasteiger partial charge in [-0.25, -0.2) is 0 Å². The van der Waals surface area contributed by atoms with Gasteiger partial charge in [-0.05, 0) is 0 Å². The van der Waals surface area contributed by atoms with Crippen molar-refractivity contribution in [3.05, 3.63) is 0 Å². The molecule has 1 aliphatic rings. The molecule has 0 spiro atoms. The van der Waals surface area contributed by atoms with Gasteiger partial charge in [-0.3, -0.25) is 4.57 Å². The molecule has 0 heterocycles. The van der Waals surface area contributed by atoms with E-state index in [1.807, 2.05) is 0 Å². The van der Waals surface area contributed by atoms with Crippen LogP contribution in [0, 0.1) is 0 Å². The first-order chi connectivity index (χ1) is 5.91. The van der Waals surface area contributed by atoms with E-state index >= 15 is 0 Å². The van der Waals surface area contributed by atoms with E-state index in [0.717, 1.165) is 0 Å². The van der Waals surface area contributed by atoms with Crippen LogP contribution in [-0.2, 0) is 4.57 Å². The van der Waals surface area contributed by atoms with E-state index in [1.54, 1.807) is 0 Å². The van der Waals surface area contributed by atoms with Crippen molar-refractivity contribution in [3.63, 3.8) is 0 Å². The number of phosphoric acid groups is 1. The van der Waals surface area contributed by atoms with Crippen LogP contribution in [0.2, 0.25) is 0 Å². The molecule has 0 aromatic rings. The van der Waals surface area contributed by atoms with Crippen LogP contribution in [-0.4, -0.2) is 22.9 Å². The van der Waals surface area contributed by atoms with Gasteiger partial charge < -0.3 is 26.1 Å². The zero-order valence-electron chi connectivity index (χ0n) is 8.56. The first kappa shape index (κ1) is 20.4. The summed E-state index contributed by atoms with van der Waals surface area (Å²) in [7, 11) is -4.89. The van der Waals surface area contributed by atoms with Crippen molar-refractivity contribution in [2.45, 2.75) is 25.7 Å². The third-order valence-corrected chi connectivity index (χ3v) is 1.17. The van der Waals surface area contributed by atoms with E-state index in [2.05, 4.69) is 0 Å². The summed E-state index contributed by atoms with van der Waals surface area (Å²) >= 11 is 0. The second-order valence-corrected chi connectivity index (χ2v) is 3.46. The first-order valence-electron chi connectivity index (χ1n) is 4.08. The number of hydrogen-bond acceptors (Lipinski definition) is 4. The third-order valence-electron chi connectivity index (χ3n) is 1.17. The van der Waals surface area contributed by atoms with E-state index in [4.69, 9.17) is 30.7 Å². The summed E-state index contributed by atoms with van der Waals surface area (Å²) in [5.74, 6) is 0. The number of nitrogens with two attached hydrogens (primary N) is 2. The van der Waals surface area contributed by atoms with Crippen LogP contribution in [0.5, 0.6) is 0 Å². The fourth-order valence-electron chi connectivity index (χ4n) is 0.250. The second kappa shape index (κ2) is 14.0. The van der Waals surface area contributed by atoms with Crippen molar-refractivity contribution in [2.75, 3.05) is 13.1 Å². The van der Waals surface area contributed by atoms with Crippen molar-refractivity contribution in [3.8, 4) is 0 Å². The van der Waals surface area contributed by atoms with Gasteiger partial charge in [-0.1, -0.05) is 25.7 Å². The van der Waals surface area contributed by atoms with E-state index < -0.39 is 7.82 Å². The van der Waals surface area contributed by atoms with Gasteiger partial charge in [-0.15, -0.1) is 0 Å². The summed E-state index contributed by atoms with van der Waals surface area (Å²) in [4.78, 5) is 22.9. The molecule has 0 aliphatic heterocycles. The van der Waals surface area contributed by atoms with Crippen molar-refractivity contribution in [1.82, 2.24) is 0 Å². The summed E-state index contributed by atoms with van der Waals surface area (Å²) in [6.07, 6.45) is 6.00. The average molecular weight is 236 g/mol. The summed E-state index contributed by atoms with van der Waals surface area (Å²) < 4.78 is 8.77. The SMILES string of the molecule is C1CCC1.NCCN.O=P([O-])(O)O.[Na+]. The van der Waals surface area contributed by atoms with Crippen LogP contribution in [0.4, 0.5) is 0 Å². The Bertz CT molecular complexity index is 126. The molecule has 6 N–H and O–H groups in total. The van der Waals surface area contributed by atoms with Crippen molar-refractivity contribution in [1.29, 1.82) is 0 Å². The average Bonchev–Trinajstić information content (AvgIpc) is 1.79. The molecule has 8 heteroatoms. The first-order valence-corrected chi connectivity index (χ1v) is 5.61. The van der Waals surface area contributed by atoms with E-state index in [1.165, 1.54) is 25.7 Å². The molecule has 0 atom stereocenters. The second-order valence-electron chi connectivity index (χ2n) is 2.48. The predicted octanol–water partition coefficient (Wildman–Crippen LogP) is -4.09. The van der Waals surface area contributed by atoms with Gasteiger partial charge in [0.25, 0.3) is 7.82 Å². The Kier molecular flexibility index (Phi) is 20.5. The van der Waals surface area contributed by atoms with Crippen LogP contribution in [0.3, 0.4) is 0 Å². The topological polar surface area (TPSA) is 133 Å². The van der Waals surface area contributed by atoms with Crippen LogP contribution in [0.25, 0.3) is 0 Å². The fraction of sp³-hybridized carbons (Fsp3) is 1.00. The zero-order valence-corrected chi connectivity index (χ0v) is 11.4. The van der Waals surface area contributed by atoms with E-state index in [9.17, 15) is 0 Å². The molecule has 0 saturated heterocycles. The largest absolute Gasteiger partial charge is 1.00 e. The third kappa shape index (κ3) is 51.9. The molecule has 1 rings (SSSR count). The molecule has 6 nitrogen and oxygen atoms in total. The molecule has 1 aliphatic carbocycles. The molecular formula is C6H18N2NaO4P. The molecule has 0 radical (unpaired) electrons. The number of rotatable bonds is 1. The summed E-state index contributed by atoms with van der Waals surface area (Å²) in [5.41, 5.74) is 9.81. The molecule has 14 heavy (non-hydrogen) atoms. The van der Waals surface area contributed by atoms with Crippen LogP contribution in [0.1, 0.15) is 25.7 Å². The van der Waals surface area contributed by atoms with E-state index in [0.29, 0.717) is 13.1 Å². The molecule has 0 unspecified atom stereocenters. The Morgan fingerprint density at radius 2 is 1.21 bits per heavy atom. The van der Waals surface area contributed by atoms with Crippen molar-refractivity contribution >= 4 is 7.82 Å². The minimum absolute atomic E-state index is 0. The monoisotopic (exact) mass is 236 g/mol. The van der Waals surface area contributed by atoms with Gasteiger partial charge in [-0.2, -0.15) is 0 Å². The normalized spacial score (nSPS) is 13.2. The maximum absolute atomic E-state index is 8.77. The minimum atomic E-state index is -4.89. The summed E-state index contributed by atoms with van der Waals surface area (Å²) in [6.45, 7) is 1.19. The number of hydrogen-bond donors (Lipinski definition) is 4. The van der Waals surface area contributed by atoms with Crippen LogP contribution < -0.4 is 45.9 Å². The maximum atomic E-state index is 8.77. The van der Waals surface area contributed by atoms with Gasteiger partial charge in [0, 0.05) is 13.1 Å². The molecule has 82 valence electrons. The zero-order chi connectivity index (χ0) is 10.7. The van der Waals surface area contributed by atoms with Gasteiger partial charge in [0.05, 0.1) is 0 Å². The molecule has 0 aromatic heterocycles. The molecule has 1 saturated carbocycles. The Balaban J connectivity index is -0.000000126. The Morgan fingerprint density at radius 1 is 1.07 bits per heavy atom. The van der Waals surface area contributed by atoms with Gasteiger partial charge in [0.1, 0.15) is 0 Å². The maximum Gasteiger partial charge on any atom is 1.00 e. The summed E-state index contributed by atoms with van der Waals surface area (Å²) in [5, 5.41) is 0. The smallest absolute Gasteiger partial charge is 0.756 e. The van der Waals surface area contributed by atoms with Crippen LogP contribution >= 0.6 is 7.82 Å².